The molecule has 0 saturated carbocycles. The highest BCUT2D eigenvalue weighted by atomic mass is 19.1. The second-order valence-corrected chi connectivity index (χ2v) is 4.48. The number of carbonyl (C=O) groups excluding carboxylic acids is 1. The summed E-state index contributed by atoms with van der Waals surface area (Å²) in [4.78, 5) is 13.9. The number of hydrogen-bond acceptors (Lipinski definition) is 2. The fourth-order valence-electron chi connectivity index (χ4n) is 2.37. The molecule has 1 aromatic rings. The number of benzene rings is 1. The maximum Gasteiger partial charge on any atom is 0.257 e. The molecule has 18 heavy (non-hydrogen) atoms. The van der Waals surface area contributed by atoms with Crippen molar-refractivity contribution in [2.24, 2.45) is 0 Å². The van der Waals surface area contributed by atoms with Gasteiger partial charge in [-0.3, -0.25) is 4.79 Å². The highest BCUT2D eigenvalue weighted by Gasteiger charge is 2.30. The van der Waals surface area contributed by atoms with Crippen LogP contribution in [0.25, 0.3) is 0 Å². The van der Waals surface area contributed by atoms with Crippen molar-refractivity contribution in [3.63, 3.8) is 0 Å². The van der Waals surface area contributed by atoms with Crippen LogP contribution >= 0.6 is 0 Å². The first-order valence-electron chi connectivity index (χ1n) is 6.04. The van der Waals surface area contributed by atoms with E-state index in [1.54, 1.807) is 4.90 Å². The third-order valence-electron chi connectivity index (χ3n) is 3.24. The van der Waals surface area contributed by atoms with Crippen LogP contribution in [0.15, 0.2) is 18.2 Å². The zero-order valence-corrected chi connectivity index (χ0v) is 10.2. The summed E-state index contributed by atoms with van der Waals surface area (Å²) >= 11 is 0. The largest absolute Gasteiger partial charge is 0.334 e. The van der Waals surface area contributed by atoms with Crippen molar-refractivity contribution in [3.05, 3.63) is 35.4 Å². The van der Waals surface area contributed by atoms with Crippen molar-refractivity contribution in [3.8, 4) is 0 Å². The van der Waals surface area contributed by atoms with E-state index in [-0.39, 0.29) is 17.5 Å². The van der Waals surface area contributed by atoms with Crippen LogP contribution in [-0.4, -0.2) is 37.0 Å². The summed E-state index contributed by atoms with van der Waals surface area (Å²) in [7, 11) is 1.82. The van der Waals surface area contributed by atoms with Crippen LogP contribution < -0.4 is 5.32 Å². The fraction of sp³-hybridized carbons (Fsp3) is 0.462. The molecule has 0 aromatic heterocycles. The van der Waals surface area contributed by atoms with Crippen molar-refractivity contribution in [2.45, 2.75) is 18.9 Å². The van der Waals surface area contributed by atoms with Crippen molar-refractivity contribution in [2.75, 3.05) is 20.1 Å². The lowest BCUT2D eigenvalue weighted by Crippen LogP contribution is -2.41. The van der Waals surface area contributed by atoms with Crippen molar-refractivity contribution in [1.82, 2.24) is 10.2 Å². The van der Waals surface area contributed by atoms with Gasteiger partial charge in [0.15, 0.2) is 0 Å². The van der Waals surface area contributed by atoms with Gasteiger partial charge in [0.2, 0.25) is 0 Å². The number of likely N-dealkylation sites (tertiary alicyclic amines) is 1. The third kappa shape index (κ3) is 2.51. The average molecular weight is 254 g/mol. The van der Waals surface area contributed by atoms with E-state index < -0.39 is 11.6 Å². The highest BCUT2D eigenvalue weighted by Crippen LogP contribution is 2.21. The van der Waals surface area contributed by atoms with Gasteiger partial charge in [-0.2, -0.15) is 0 Å². The number of nitrogens with zero attached hydrogens (tertiary/aromatic N) is 1. The Bertz CT molecular complexity index is 451. The zero-order valence-electron chi connectivity index (χ0n) is 10.2. The second-order valence-electron chi connectivity index (χ2n) is 4.48. The summed E-state index contributed by atoms with van der Waals surface area (Å²) < 4.78 is 26.4. The Morgan fingerprint density at radius 1 is 1.50 bits per heavy atom. The van der Waals surface area contributed by atoms with Crippen LogP contribution in [0.4, 0.5) is 8.78 Å². The first-order valence-corrected chi connectivity index (χ1v) is 6.04. The molecule has 0 radical (unpaired) electrons. The lowest BCUT2D eigenvalue weighted by atomic mass is 10.1. The molecule has 1 N–H and O–H groups in total. The van der Waals surface area contributed by atoms with Gasteiger partial charge >= 0.3 is 0 Å². The highest BCUT2D eigenvalue weighted by molar-refractivity contribution is 5.94. The van der Waals surface area contributed by atoms with E-state index in [1.807, 2.05) is 7.05 Å². The SMILES string of the molecule is CNC[C@H]1CCCN1C(=O)c1ccc(F)cc1F. The Labute approximate surface area is 105 Å². The molecule has 3 nitrogen and oxygen atoms in total. The molecule has 1 amide bonds. The third-order valence-corrected chi connectivity index (χ3v) is 3.24. The Morgan fingerprint density at radius 2 is 2.28 bits per heavy atom. The molecule has 1 atom stereocenters. The molecule has 1 fully saturated rings. The number of likely N-dealkylation sites (N-methyl/N-ethyl adjacent to an activating group) is 1. The average Bonchev–Trinajstić information content (AvgIpc) is 2.77. The van der Waals surface area contributed by atoms with Crippen LogP contribution in [0.1, 0.15) is 23.2 Å². The smallest absolute Gasteiger partial charge is 0.257 e. The molecule has 0 aliphatic carbocycles. The second kappa shape index (κ2) is 5.44. The van der Waals surface area contributed by atoms with Gasteiger partial charge in [-0.1, -0.05) is 0 Å². The summed E-state index contributed by atoms with van der Waals surface area (Å²) in [6.07, 6.45) is 1.83. The van der Waals surface area contributed by atoms with E-state index in [2.05, 4.69) is 5.32 Å². The van der Waals surface area contributed by atoms with Gasteiger partial charge in [-0.15, -0.1) is 0 Å². The van der Waals surface area contributed by atoms with Gasteiger partial charge in [0.1, 0.15) is 11.6 Å². The molecule has 1 aliphatic rings. The minimum atomic E-state index is -0.796. The maximum absolute atomic E-state index is 13.6. The number of carbonyl (C=O) groups is 1. The van der Waals surface area contributed by atoms with Crippen molar-refractivity contribution < 1.29 is 13.6 Å². The van der Waals surface area contributed by atoms with E-state index in [0.717, 1.165) is 25.0 Å². The summed E-state index contributed by atoms with van der Waals surface area (Å²) in [6.45, 7) is 1.32. The predicted molar refractivity (Wildman–Crippen MR) is 64.3 cm³/mol. The van der Waals surface area contributed by atoms with Gasteiger partial charge in [-0.25, -0.2) is 8.78 Å². The molecular formula is C13H16F2N2O. The standard InChI is InChI=1S/C13H16F2N2O/c1-16-8-10-3-2-6-17(10)13(18)11-5-4-9(14)7-12(11)15/h4-5,7,10,16H,2-3,6,8H2,1H3/t10-/m1/s1. The van der Waals surface area contributed by atoms with Crippen LogP contribution in [0.2, 0.25) is 0 Å². The minimum absolute atomic E-state index is 0.0561. The zero-order chi connectivity index (χ0) is 13.1. The van der Waals surface area contributed by atoms with Gasteiger partial charge in [0.25, 0.3) is 5.91 Å². The molecule has 0 spiro atoms. The summed E-state index contributed by atoms with van der Waals surface area (Å²) in [6, 6.07) is 3.16. The summed E-state index contributed by atoms with van der Waals surface area (Å²) in [5, 5.41) is 3.02. The van der Waals surface area contributed by atoms with E-state index in [1.165, 1.54) is 6.07 Å². The van der Waals surface area contributed by atoms with E-state index in [4.69, 9.17) is 0 Å². The topological polar surface area (TPSA) is 32.3 Å². The first-order chi connectivity index (χ1) is 8.63. The molecule has 5 heteroatoms. The van der Waals surface area contributed by atoms with Gasteiger partial charge < -0.3 is 10.2 Å². The number of amides is 1. The van der Waals surface area contributed by atoms with Gasteiger partial charge in [0.05, 0.1) is 5.56 Å². The van der Waals surface area contributed by atoms with Gasteiger partial charge in [0, 0.05) is 25.2 Å². The number of rotatable bonds is 3. The lowest BCUT2D eigenvalue weighted by molar-refractivity contribution is 0.0732. The molecule has 0 bridgehead atoms. The Morgan fingerprint density at radius 3 is 2.94 bits per heavy atom. The minimum Gasteiger partial charge on any atom is -0.334 e. The molecule has 1 aromatic carbocycles. The summed E-state index contributed by atoms with van der Waals surface area (Å²) in [5.41, 5.74) is -0.0561. The van der Waals surface area contributed by atoms with Crippen LogP contribution in [0.5, 0.6) is 0 Å². The van der Waals surface area contributed by atoms with Crippen LogP contribution in [0.3, 0.4) is 0 Å². The number of halogens is 2. The van der Waals surface area contributed by atoms with Crippen molar-refractivity contribution >= 4 is 5.91 Å². The molecule has 1 saturated heterocycles. The monoisotopic (exact) mass is 254 g/mol. The normalized spacial score (nSPS) is 19.3. The van der Waals surface area contributed by atoms with Gasteiger partial charge in [-0.05, 0) is 32.0 Å². The predicted octanol–water partition coefficient (Wildman–Crippen LogP) is 1.79. The van der Waals surface area contributed by atoms with E-state index in [9.17, 15) is 13.6 Å². The Kier molecular flexibility index (Phi) is 3.91. The van der Waals surface area contributed by atoms with E-state index >= 15 is 0 Å². The van der Waals surface area contributed by atoms with Crippen molar-refractivity contribution in [1.29, 1.82) is 0 Å². The quantitative estimate of drug-likeness (QED) is 0.892. The molecule has 98 valence electrons. The molecule has 1 aliphatic heterocycles. The number of hydrogen-bond donors (Lipinski definition) is 1. The van der Waals surface area contributed by atoms with Crippen LogP contribution in [0, 0.1) is 11.6 Å². The molecular weight excluding hydrogens is 238 g/mol. The first kappa shape index (κ1) is 13.0. The van der Waals surface area contributed by atoms with Crippen LogP contribution in [-0.2, 0) is 0 Å². The Balaban J connectivity index is 2.20. The maximum atomic E-state index is 13.6. The lowest BCUT2D eigenvalue weighted by Gasteiger charge is -2.24. The van der Waals surface area contributed by atoms with E-state index in [0.29, 0.717) is 13.1 Å². The summed E-state index contributed by atoms with van der Waals surface area (Å²) in [5.74, 6) is -1.82. The molecule has 0 unspecified atom stereocenters. The fourth-order valence-corrected chi connectivity index (χ4v) is 2.37. The Hall–Kier alpha value is -1.49. The molecule has 2 rings (SSSR count). The molecule has 1 heterocycles. The number of nitrogens with one attached hydrogen (secondary N) is 1.